The average molecular weight is 632 g/mol. The van der Waals surface area contributed by atoms with Gasteiger partial charge in [-0.25, -0.2) is 0 Å². The Morgan fingerprint density at radius 1 is 0.458 bits per heavy atom. The lowest BCUT2D eigenvalue weighted by Crippen LogP contribution is -2.37. The van der Waals surface area contributed by atoms with Gasteiger partial charge in [-0.15, -0.1) is 11.3 Å². The molecular weight excluding hydrogens is 599 g/mol. The van der Waals surface area contributed by atoms with Crippen LogP contribution >= 0.6 is 11.3 Å². The molecule has 0 atom stereocenters. The van der Waals surface area contributed by atoms with Gasteiger partial charge in [0.05, 0.1) is 16.8 Å². The summed E-state index contributed by atoms with van der Waals surface area (Å²) in [5, 5.41) is 2.64. The summed E-state index contributed by atoms with van der Waals surface area (Å²) in [6.07, 6.45) is 0. The van der Waals surface area contributed by atoms with Gasteiger partial charge in [-0.05, 0) is 74.8 Å². The van der Waals surface area contributed by atoms with Gasteiger partial charge in [0.15, 0.2) is 0 Å². The van der Waals surface area contributed by atoms with Crippen LogP contribution in [0.5, 0.6) is 0 Å². The first-order valence-electron chi connectivity index (χ1n) is 16.8. The number of thiophene rings is 1. The summed E-state index contributed by atoms with van der Waals surface area (Å²) in [6.45, 7) is 4.73. The second-order valence-corrected chi connectivity index (χ2v) is 14.7. The largest absolute Gasteiger partial charge is 0.310 e. The topological polar surface area (TPSA) is 3.24 Å². The van der Waals surface area contributed by atoms with Crippen molar-refractivity contribution in [2.75, 3.05) is 4.90 Å². The first-order chi connectivity index (χ1) is 23.6. The molecule has 2 heterocycles. The van der Waals surface area contributed by atoms with Crippen molar-refractivity contribution in [1.82, 2.24) is 0 Å². The van der Waals surface area contributed by atoms with Gasteiger partial charge in [-0.3, -0.25) is 0 Å². The number of nitrogens with zero attached hydrogens (tertiary/aromatic N) is 1. The number of rotatable bonds is 3. The van der Waals surface area contributed by atoms with Gasteiger partial charge in [0.25, 0.3) is 0 Å². The molecule has 0 saturated carbocycles. The van der Waals surface area contributed by atoms with E-state index in [0.29, 0.717) is 0 Å². The molecule has 8 aromatic rings. The molecule has 0 spiro atoms. The monoisotopic (exact) mass is 631 g/mol. The Hall–Kier alpha value is -5.44. The number of hydrogen-bond donors (Lipinski definition) is 0. The first-order valence-corrected chi connectivity index (χ1v) is 17.6. The van der Waals surface area contributed by atoms with Gasteiger partial charge in [-0.2, -0.15) is 0 Å². The van der Waals surface area contributed by atoms with Crippen molar-refractivity contribution in [3.63, 3.8) is 0 Å². The van der Waals surface area contributed by atoms with E-state index in [2.05, 4.69) is 183 Å². The summed E-state index contributed by atoms with van der Waals surface area (Å²) in [6, 6.07) is 61.2. The Morgan fingerprint density at radius 2 is 1.04 bits per heavy atom. The Morgan fingerprint density at radius 3 is 1.81 bits per heavy atom. The van der Waals surface area contributed by atoms with Crippen LogP contribution in [0.4, 0.5) is 17.1 Å². The van der Waals surface area contributed by atoms with E-state index in [4.69, 9.17) is 0 Å². The summed E-state index contributed by atoms with van der Waals surface area (Å²) in [5.74, 6) is 0. The molecule has 1 aliphatic carbocycles. The lowest BCUT2D eigenvalue weighted by Gasteiger charge is -2.46. The molecule has 2 aliphatic rings. The standard InChI is InChI=1S/C46H33NS/c1-45(2)36-20-8-6-17-32(36)33-28-27-31(29-40(33)45)47-41-24-11-9-21-37(41)46(30-15-4-3-5-16-30,38-22-10-12-25-42(38)47)39-23-14-19-35-34-18-7-13-26-43(34)48-44(35)39/h3-29H,1-2H3. The predicted octanol–water partition coefficient (Wildman–Crippen LogP) is 12.5. The SMILES string of the molecule is CC1(C)c2ccccc2-c2ccc(N3c4ccccc4C(c4ccccc4)(c4cccc5c4sc4ccccc45)c4ccccc43)cc21. The van der Waals surface area contributed by atoms with Crippen LogP contribution in [0.1, 0.15) is 47.2 Å². The van der Waals surface area contributed by atoms with Gasteiger partial charge in [-0.1, -0.05) is 147 Å². The summed E-state index contributed by atoms with van der Waals surface area (Å²) < 4.78 is 2.67. The molecule has 0 fully saturated rings. The van der Waals surface area contributed by atoms with Gasteiger partial charge in [0.2, 0.25) is 0 Å². The maximum Gasteiger partial charge on any atom is 0.0756 e. The predicted molar refractivity (Wildman–Crippen MR) is 203 cm³/mol. The normalized spacial score (nSPS) is 15.2. The molecule has 228 valence electrons. The third-order valence-electron chi connectivity index (χ3n) is 10.9. The molecule has 1 aromatic heterocycles. The fraction of sp³-hybridized carbons (Fsp3) is 0.0870. The number of benzene rings is 7. The number of anilines is 3. The van der Waals surface area contributed by atoms with E-state index >= 15 is 0 Å². The van der Waals surface area contributed by atoms with Crippen molar-refractivity contribution < 1.29 is 0 Å². The summed E-state index contributed by atoms with van der Waals surface area (Å²) in [7, 11) is 0. The lowest BCUT2D eigenvalue weighted by atomic mass is 9.62. The molecule has 0 radical (unpaired) electrons. The molecule has 1 nitrogen and oxygen atoms in total. The average Bonchev–Trinajstić information content (AvgIpc) is 3.63. The smallest absolute Gasteiger partial charge is 0.0756 e. The molecule has 2 heteroatoms. The van der Waals surface area contributed by atoms with E-state index in [1.54, 1.807) is 0 Å². The van der Waals surface area contributed by atoms with E-state index in [-0.39, 0.29) is 5.41 Å². The minimum atomic E-state index is -0.530. The quantitative estimate of drug-likeness (QED) is 0.188. The third-order valence-corrected chi connectivity index (χ3v) is 12.2. The van der Waals surface area contributed by atoms with E-state index in [9.17, 15) is 0 Å². The summed E-state index contributed by atoms with van der Waals surface area (Å²) >= 11 is 1.92. The van der Waals surface area contributed by atoms with E-state index in [1.807, 2.05) is 11.3 Å². The molecule has 0 unspecified atom stereocenters. The number of fused-ring (bicyclic) bond motifs is 8. The summed E-state index contributed by atoms with van der Waals surface area (Å²) in [5.41, 5.74) is 13.7. The van der Waals surface area contributed by atoms with Crippen LogP contribution in [-0.2, 0) is 10.8 Å². The van der Waals surface area contributed by atoms with Gasteiger partial charge >= 0.3 is 0 Å². The van der Waals surface area contributed by atoms with Crippen LogP contribution < -0.4 is 4.90 Å². The van der Waals surface area contributed by atoms with E-state index < -0.39 is 5.41 Å². The van der Waals surface area contributed by atoms with Crippen LogP contribution in [-0.4, -0.2) is 0 Å². The van der Waals surface area contributed by atoms with E-state index in [1.165, 1.54) is 81.7 Å². The zero-order valence-electron chi connectivity index (χ0n) is 26.9. The minimum Gasteiger partial charge on any atom is -0.310 e. The molecular formula is C46H33NS. The summed E-state index contributed by atoms with van der Waals surface area (Å²) in [4.78, 5) is 2.51. The van der Waals surface area contributed by atoms with Crippen LogP contribution in [0.3, 0.4) is 0 Å². The number of hydrogen-bond acceptors (Lipinski definition) is 2. The van der Waals surface area contributed by atoms with Crippen molar-refractivity contribution in [3.8, 4) is 11.1 Å². The Kier molecular flexibility index (Phi) is 5.78. The van der Waals surface area contributed by atoms with Crippen molar-refractivity contribution in [3.05, 3.63) is 197 Å². The maximum absolute atomic E-state index is 2.51. The van der Waals surface area contributed by atoms with Crippen LogP contribution in [0.15, 0.2) is 164 Å². The Labute approximate surface area is 285 Å². The highest BCUT2D eigenvalue weighted by atomic mass is 32.1. The second kappa shape index (κ2) is 10.0. The second-order valence-electron chi connectivity index (χ2n) is 13.7. The first kappa shape index (κ1) is 27.7. The Balaban J connectivity index is 1.30. The molecule has 0 saturated heterocycles. The molecule has 0 amide bonds. The van der Waals surface area contributed by atoms with Crippen molar-refractivity contribution in [1.29, 1.82) is 0 Å². The van der Waals surface area contributed by atoms with Crippen LogP contribution in [0, 0.1) is 0 Å². The zero-order chi connectivity index (χ0) is 32.0. The van der Waals surface area contributed by atoms with Gasteiger partial charge < -0.3 is 4.90 Å². The third kappa shape index (κ3) is 3.56. The van der Waals surface area contributed by atoms with Crippen molar-refractivity contribution in [2.45, 2.75) is 24.7 Å². The fourth-order valence-corrected chi connectivity index (χ4v) is 10.1. The zero-order valence-corrected chi connectivity index (χ0v) is 27.8. The van der Waals surface area contributed by atoms with Gasteiger partial charge in [0.1, 0.15) is 0 Å². The van der Waals surface area contributed by atoms with Crippen LogP contribution in [0.2, 0.25) is 0 Å². The van der Waals surface area contributed by atoms with E-state index in [0.717, 1.165) is 0 Å². The Bertz CT molecular complexity index is 2510. The maximum atomic E-state index is 2.51. The lowest BCUT2D eigenvalue weighted by molar-refractivity contribution is 0.660. The fourth-order valence-electron chi connectivity index (χ4n) is 8.84. The minimum absolute atomic E-state index is 0.0820. The molecule has 7 aromatic carbocycles. The van der Waals surface area contributed by atoms with Gasteiger partial charge in [0, 0.05) is 31.3 Å². The highest BCUT2D eigenvalue weighted by Gasteiger charge is 2.47. The van der Waals surface area contributed by atoms with Crippen molar-refractivity contribution >= 4 is 48.6 Å². The molecule has 0 N–H and O–H groups in total. The van der Waals surface area contributed by atoms with Crippen LogP contribution in [0.25, 0.3) is 31.3 Å². The molecule has 0 bridgehead atoms. The molecule has 48 heavy (non-hydrogen) atoms. The molecule has 10 rings (SSSR count). The molecule has 1 aliphatic heterocycles. The highest BCUT2D eigenvalue weighted by Crippen LogP contribution is 2.60. The van der Waals surface area contributed by atoms with Crippen molar-refractivity contribution in [2.24, 2.45) is 0 Å². The highest BCUT2D eigenvalue weighted by molar-refractivity contribution is 7.26. The number of para-hydroxylation sites is 2.